The van der Waals surface area contributed by atoms with Crippen LogP contribution in [0.2, 0.25) is 0 Å². The molecule has 0 saturated carbocycles. The summed E-state index contributed by atoms with van der Waals surface area (Å²) in [5.41, 5.74) is 4.24. The molecule has 0 bridgehead atoms. The summed E-state index contributed by atoms with van der Waals surface area (Å²) in [4.78, 5) is 0. The van der Waals surface area contributed by atoms with E-state index < -0.39 is 0 Å². The zero-order valence-corrected chi connectivity index (χ0v) is 8.01. The van der Waals surface area contributed by atoms with Gasteiger partial charge < -0.3 is 5.32 Å². The maximum absolute atomic E-state index is 3.82. The van der Waals surface area contributed by atoms with E-state index in [4.69, 9.17) is 0 Å². The summed E-state index contributed by atoms with van der Waals surface area (Å²) in [6.45, 7) is 6.02. The predicted molar refractivity (Wildman–Crippen MR) is 57.1 cm³/mol. The molecule has 0 aromatic heterocycles. The van der Waals surface area contributed by atoms with Gasteiger partial charge in [-0.15, -0.1) is 6.58 Å². The SMILES string of the molecule is C=CC1Cc2c(CC)cccc2N1. The Bertz CT molecular complexity index is 328. The van der Waals surface area contributed by atoms with Crippen LogP contribution in [0.5, 0.6) is 0 Å². The number of rotatable bonds is 2. The highest BCUT2D eigenvalue weighted by atomic mass is 14.9. The zero-order chi connectivity index (χ0) is 9.26. The molecule has 1 N–H and O–H groups in total. The van der Waals surface area contributed by atoms with E-state index in [2.05, 4.69) is 37.0 Å². The number of fused-ring (bicyclic) bond motifs is 1. The van der Waals surface area contributed by atoms with Gasteiger partial charge in [0.1, 0.15) is 0 Å². The molecule has 1 aromatic carbocycles. The number of benzene rings is 1. The highest BCUT2D eigenvalue weighted by molar-refractivity contribution is 5.60. The Morgan fingerprint density at radius 1 is 1.62 bits per heavy atom. The van der Waals surface area contributed by atoms with Crippen LogP contribution in [-0.4, -0.2) is 6.04 Å². The topological polar surface area (TPSA) is 12.0 Å². The molecule has 13 heavy (non-hydrogen) atoms. The first-order valence-electron chi connectivity index (χ1n) is 4.85. The lowest BCUT2D eigenvalue weighted by atomic mass is 10.0. The van der Waals surface area contributed by atoms with Gasteiger partial charge in [0.2, 0.25) is 0 Å². The molecular weight excluding hydrogens is 158 g/mol. The third-order valence-corrected chi connectivity index (χ3v) is 2.70. The summed E-state index contributed by atoms with van der Waals surface area (Å²) < 4.78 is 0. The van der Waals surface area contributed by atoms with Crippen molar-refractivity contribution in [2.45, 2.75) is 25.8 Å². The van der Waals surface area contributed by atoms with Gasteiger partial charge in [0.25, 0.3) is 0 Å². The van der Waals surface area contributed by atoms with Gasteiger partial charge >= 0.3 is 0 Å². The third-order valence-electron chi connectivity index (χ3n) is 2.70. The summed E-state index contributed by atoms with van der Waals surface area (Å²) >= 11 is 0. The minimum atomic E-state index is 0.433. The predicted octanol–water partition coefficient (Wildman–Crippen LogP) is 2.77. The lowest BCUT2D eigenvalue weighted by Gasteiger charge is -2.03. The van der Waals surface area contributed by atoms with Crippen molar-refractivity contribution in [3.05, 3.63) is 42.0 Å². The van der Waals surface area contributed by atoms with Gasteiger partial charge in [-0.2, -0.15) is 0 Å². The second kappa shape index (κ2) is 3.25. The molecule has 1 nitrogen and oxygen atoms in total. The van der Waals surface area contributed by atoms with Crippen LogP contribution in [0.3, 0.4) is 0 Å². The highest BCUT2D eigenvalue weighted by Crippen LogP contribution is 2.29. The van der Waals surface area contributed by atoms with Gasteiger partial charge in [0.05, 0.1) is 0 Å². The van der Waals surface area contributed by atoms with Gasteiger partial charge in [-0.05, 0) is 30.0 Å². The van der Waals surface area contributed by atoms with Gasteiger partial charge in [-0.1, -0.05) is 25.1 Å². The number of hydrogen-bond donors (Lipinski definition) is 1. The average molecular weight is 173 g/mol. The van der Waals surface area contributed by atoms with Crippen LogP contribution in [0, 0.1) is 0 Å². The molecule has 1 aromatic rings. The molecule has 1 aliphatic rings. The fourth-order valence-corrected chi connectivity index (χ4v) is 1.96. The first-order chi connectivity index (χ1) is 6.35. The van der Waals surface area contributed by atoms with Crippen molar-refractivity contribution < 1.29 is 0 Å². The van der Waals surface area contributed by atoms with Crippen LogP contribution in [0.1, 0.15) is 18.1 Å². The minimum Gasteiger partial charge on any atom is -0.378 e. The van der Waals surface area contributed by atoms with Gasteiger partial charge in [-0.25, -0.2) is 0 Å². The normalized spacial score (nSPS) is 19.3. The molecule has 0 radical (unpaired) electrons. The molecular formula is C12H15N. The van der Waals surface area contributed by atoms with Crippen LogP contribution in [-0.2, 0) is 12.8 Å². The fraction of sp³-hybridized carbons (Fsp3) is 0.333. The number of anilines is 1. The van der Waals surface area contributed by atoms with Crippen LogP contribution in [0.25, 0.3) is 0 Å². The quantitative estimate of drug-likeness (QED) is 0.678. The molecule has 2 rings (SSSR count). The van der Waals surface area contributed by atoms with E-state index in [1.165, 1.54) is 16.8 Å². The van der Waals surface area contributed by atoms with Crippen molar-refractivity contribution in [3.63, 3.8) is 0 Å². The van der Waals surface area contributed by atoms with Crippen LogP contribution < -0.4 is 5.32 Å². The van der Waals surface area contributed by atoms with Crippen molar-refractivity contribution in [2.24, 2.45) is 0 Å². The molecule has 0 spiro atoms. The summed E-state index contributed by atoms with van der Waals surface area (Å²) in [5, 5.41) is 3.44. The summed E-state index contributed by atoms with van der Waals surface area (Å²) in [5.74, 6) is 0. The third kappa shape index (κ3) is 1.35. The molecule has 0 saturated heterocycles. The van der Waals surface area contributed by atoms with Crippen molar-refractivity contribution >= 4 is 5.69 Å². The van der Waals surface area contributed by atoms with E-state index in [0.717, 1.165) is 12.8 Å². The van der Waals surface area contributed by atoms with Crippen molar-refractivity contribution in [2.75, 3.05) is 5.32 Å². The molecule has 0 amide bonds. The lowest BCUT2D eigenvalue weighted by molar-refractivity contribution is 0.913. The second-order valence-corrected chi connectivity index (χ2v) is 3.49. The molecule has 1 aliphatic heterocycles. The van der Waals surface area contributed by atoms with Crippen LogP contribution in [0.15, 0.2) is 30.9 Å². The Kier molecular flexibility index (Phi) is 2.09. The lowest BCUT2D eigenvalue weighted by Crippen LogP contribution is -2.10. The molecule has 1 heterocycles. The van der Waals surface area contributed by atoms with E-state index in [-0.39, 0.29) is 0 Å². The zero-order valence-electron chi connectivity index (χ0n) is 8.01. The molecule has 0 fully saturated rings. The average Bonchev–Trinajstić information content (AvgIpc) is 2.59. The van der Waals surface area contributed by atoms with E-state index >= 15 is 0 Å². The van der Waals surface area contributed by atoms with E-state index in [1.807, 2.05) is 6.08 Å². The monoisotopic (exact) mass is 173 g/mol. The largest absolute Gasteiger partial charge is 0.378 e. The Morgan fingerprint density at radius 3 is 3.15 bits per heavy atom. The first-order valence-corrected chi connectivity index (χ1v) is 4.85. The maximum atomic E-state index is 3.82. The minimum absolute atomic E-state index is 0.433. The molecule has 1 unspecified atom stereocenters. The van der Waals surface area contributed by atoms with Gasteiger partial charge in [0, 0.05) is 11.7 Å². The Hall–Kier alpha value is -1.24. The Morgan fingerprint density at radius 2 is 2.46 bits per heavy atom. The fourth-order valence-electron chi connectivity index (χ4n) is 1.96. The van der Waals surface area contributed by atoms with Crippen molar-refractivity contribution in [1.82, 2.24) is 0 Å². The number of aryl methyl sites for hydroxylation is 1. The van der Waals surface area contributed by atoms with Crippen molar-refractivity contribution in [1.29, 1.82) is 0 Å². The molecule has 68 valence electrons. The summed E-state index contributed by atoms with van der Waals surface area (Å²) in [6.07, 6.45) is 4.21. The Labute approximate surface area is 79.5 Å². The molecule has 1 atom stereocenters. The van der Waals surface area contributed by atoms with Gasteiger partial charge in [-0.3, -0.25) is 0 Å². The standard InChI is InChI=1S/C12H15N/c1-3-9-6-5-7-12-11(9)8-10(4-2)13-12/h4-7,10,13H,2-3,8H2,1H3. The van der Waals surface area contributed by atoms with E-state index in [0.29, 0.717) is 6.04 Å². The number of nitrogens with one attached hydrogen (secondary N) is 1. The first kappa shape index (κ1) is 8.36. The maximum Gasteiger partial charge on any atom is 0.0483 e. The van der Waals surface area contributed by atoms with Crippen molar-refractivity contribution in [3.8, 4) is 0 Å². The van der Waals surface area contributed by atoms with Crippen LogP contribution in [0.4, 0.5) is 5.69 Å². The van der Waals surface area contributed by atoms with Gasteiger partial charge in [0.15, 0.2) is 0 Å². The summed E-state index contributed by atoms with van der Waals surface area (Å²) in [7, 11) is 0. The van der Waals surface area contributed by atoms with E-state index in [9.17, 15) is 0 Å². The molecule has 0 aliphatic carbocycles. The highest BCUT2D eigenvalue weighted by Gasteiger charge is 2.19. The van der Waals surface area contributed by atoms with Crippen LogP contribution >= 0.6 is 0 Å². The summed E-state index contributed by atoms with van der Waals surface area (Å²) in [6, 6.07) is 6.92. The number of hydrogen-bond acceptors (Lipinski definition) is 1. The smallest absolute Gasteiger partial charge is 0.0483 e. The second-order valence-electron chi connectivity index (χ2n) is 3.49. The van der Waals surface area contributed by atoms with E-state index in [1.54, 1.807) is 0 Å². The molecule has 1 heteroatoms. The Balaban J connectivity index is 2.38.